The fourth-order valence-corrected chi connectivity index (χ4v) is 5.29. The highest BCUT2D eigenvalue weighted by Crippen LogP contribution is 1.79. The van der Waals surface area contributed by atoms with Gasteiger partial charge in [0.15, 0.2) is 0 Å². The Hall–Kier alpha value is 0.0506. The summed E-state index contributed by atoms with van der Waals surface area (Å²) in [7, 11) is -4.46. The van der Waals surface area contributed by atoms with E-state index >= 15 is 0 Å². The molecule has 0 saturated heterocycles. The summed E-state index contributed by atoms with van der Waals surface area (Å²) in [6.07, 6.45) is 0. The Morgan fingerprint density at radius 2 is 2.12 bits per heavy atom. The fraction of sp³-hybridized carbons (Fsp3) is 1.00. The second kappa shape index (κ2) is 3.98. The minimum Gasteiger partial charge on any atom is -0.580 e. The van der Waals surface area contributed by atoms with Crippen molar-refractivity contribution in [3.05, 3.63) is 0 Å². The zero-order valence-corrected chi connectivity index (χ0v) is 8.19. The van der Waals surface area contributed by atoms with E-state index < -0.39 is 26.4 Å². The Morgan fingerprint density at radius 1 is 1.62 bits per heavy atom. The lowest BCUT2D eigenvalue weighted by Gasteiger charge is -2.00. The average molecular weight is 164 g/mol. The van der Waals surface area contributed by atoms with E-state index in [1.165, 1.54) is 0 Å². The first-order valence-electron chi connectivity index (χ1n) is 2.32. The molecule has 0 spiro atoms. The summed E-state index contributed by atoms with van der Waals surface area (Å²) in [6.45, 7) is 3.80. The van der Waals surface area contributed by atoms with Crippen LogP contribution in [-0.2, 0) is 13.0 Å². The molecule has 0 heterocycles. The number of rotatable bonds is 3. The monoisotopic (exact) mass is 164 g/mol. The maximum Gasteiger partial charge on any atom is 0.525 e. The smallest absolute Gasteiger partial charge is 0.525 e. The van der Waals surface area contributed by atoms with Crippen LogP contribution in [0.1, 0.15) is 0 Å². The third kappa shape index (κ3) is 4.22. The van der Waals surface area contributed by atoms with Crippen LogP contribution in [0, 0.1) is 0 Å². The van der Waals surface area contributed by atoms with E-state index in [9.17, 15) is 8.92 Å². The quantitative estimate of drug-likeness (QED) is 0.512. The highest BCUT2D eigenvalue weighted by molar-refractivity contribution is 6.95. The van der Waals surface area contributed by atoms with Gasteiger partial charge in [0.2, 0.25) is 9.04 Å². The highest BCUT2D eigenvalue weighted by Gasteiger charge is 2.06. The lowest BCUT2D eigenvalue weighted by atomic mass is 11.9. The standard InChI is InChI=1S/C2H8O3Si3/c1-7(2)5-8(4)6-3/h6-7H,1-2H3. The summed E-state index contributed by atoms with van der Waals surface area (Å²) in [6, 6.07) is 0. The molecule has 3 nitrogen and oxygen atoms in total. The predicted octanol–water partition coefficient (Wildman–Crippen LogP) is -0.816. The van der Waals surface area contributed by atoms with Crippen molar-refractivity contribution < 1.29 is 13.0 Å². The van der Waals surface area contributed by atoms with Crippen LogP contribution in [0.4, 0.5) is 0 Å². The molecule has 0 unspecified atom stereocenters. The normalized spacial score (nSPS) is 8.88. The molecule has 0 aromatic heterocycles. The Kier molecular flexibility index (Phi) is 4.01. The number of hydrogen-bond acceptors (Lipinski definition) is 3. The fourth-order valence-electron chi connectivity index (χ4n) is 0.260. The van der Waals surface area contributed by atoms with E-state index in [4.69, 9.17) is 4.12 Å². The van der Waals surface area contributed by atoms with Crippen molar-refractivity contribution in [2.45, 2.75) is 13.1 Å². The Labute approximate surface area is 53.2 Å². The van der Waals surface area contributed by atoms with E-state index in [1.807, 2.05) is 13.1 Å². The van der Waals surface area contributed by atoms with Gasteiger partial charge in [0.25, 0.3) is 0 Å². The third-order valence-electron chi connectivity index (χ3n) is 0.448. The molecule has 8 heavy (non-hydrogen) atoms. The zero-order valence-electron chi connectivity index (χ0n) is 4.88. The molecule has 0 bridgehead atoms. The molecule has 0 aromatic carbocycles. The van der Waals surface area contributed by atoms with Gasteiger partial charge in [-0.1, -0.05) is 0 Å². The van der Waals surface area contributed by atoms with E-state index in [0.717, 1.165) is 0 Å². The molecular formula is C2H8O3Si3. The van der Waals surface area contributed by atoms with Gasteiger partial charge in [0.1, 0.15) is 0 Å². The summed E-state index contributed by atoms with van der Waals surface area (Å²) in [5.74, 6) is 0. The van der Waals surface area contributed by atoms with Gasteiger partial charge >= 0.3 is 17.4 Å². The summed E-state index contributed by atoms with van der Waals surface area (Å²) < 4.78 is 25.0. The van der Waals surface area contributed by atoms with E-state index in [1.54, 1.807) is 0 Å². The van der Waals surface area contributed by atoms with Crippen molar-refractivity contribution in [3.8, 4) is 0 Å². The first kappa shape index (κ1) is 8.05. The molecule has 0 rings (SSSR count). The molecule has 0 aliphatic rings. The molecule has 0 aliphatic heterocycles. The molecule has 0 saturated carbocycles. The second-order valence-electron chi connectivity index (χ2n) is 1.60. The van der Waals surface area contributed by atoms with Gasteiger partial charge in [-0.15, -0.1) is 0 Å². The van der Waals surface area contributed by atoms with Crippen LogP contribution in [-0.4, -0.2) is 26.4 Å². The summed E-state index contributed by atoms with van der Waals surface area (Å²) in [4.78, 5) is 0. The summed E-state index contributed by atoms with van der Waals surface area (Å²) in [5.41, 5.74) is 0. The maximum atomic E-state index is 10.3. The first-order chi connectivity index (χ1) is 3.66. The lowest BCUT2D eigenvalue weighted by molar-refractivity contribution is 0.473. The topological polar surface area (TPSA) is 43.4 Å². The predicted molar refractivity (Wildman–Crippen MR) is 34.2 cm³/mol. The third-order valence-corrected chi connectivity index (χ3v) is 5.26. The molecule has 0 atom stereocenters. The SMILES string of the molecule is C[SiH](C)O[Si](=O)[SiH]=O. The van der Waals surface area contributed by atoms with E-state index in [2.05, 4.69) is 0 Å². The maximum absolute atomic E-state index is 10.3. The van der Waals surface area contributed by atoms with Crippen LogP contribution in [0.25, 0.3) is 0 Å². The van der Waals surface area contributed by atoms with Crippen molar-refractivity contribution in [2.24, 2.45) is 0 Å². The van der Waals surface area contributed by atoms with Gasteiger partial charge < -0.3 is 13.0 Å². The molecule has 0 aliphatic carbocycles. The summed E-state index contributed by atoms with van der Waals surface area (Å²) in [5, 5.41) is 0. The number of hydrogen-bond donors (Lipinski definition) is 0. The minimum atomic E-state index is -2.09. The molecule has 0 radical (unpaired) electrons. The lowest BCUT2D eigenvalue weighted by Crippen LogP contribution is -2.18. The van der Waals surface area contributed by atoms with Crippen LogP contribution in [0.5, 0.6) is 0 Å². The van der Waals surface area contributed by atoms with Crippen LogP contribution >= 0.6 is 0 Å². The van der Waals surface area contributed by atoms with E-state index in [0.29, 0.717) is 0 Å². The molecule has 0 fully saturated rings. The molecule has 0 N–H and O–H groups in total. The van der Waals surface area contributed by atoms with Gasteiger partial charge in [-0.05, 0) is 13.1 Å². The second-order valence-corrected chi connectivity index (χ2v) is 7.64. The molecule has 0 amide bonds. The Balaban J connectivity index is 3.39. The van der Waals surface area contributed by atoms with Crippen LogP contribution in [0.15, 0.2) is 0 Å². The molecule has 6 heteroatoms. The van der Waals surface area contributed by atoms with Crippen molar-refractivity contribution >= 4 is 26.4 Å². The van der Waals surface area contributed by atoms with Gasteiger partial charge in [0, 0.05) is 0 Å². The van der Waals surface area contributed by atoms with Crippen molar-refractivity contribution in [2.75, 3.05) is 0 Å². The van der Waals surface area contributed by atoms with Crippen molar-refractivity contribution in [1.82, 2.24) is 0 Å². The summed E-state index contributed by atoms with van der Waals surface area (Å²) >= 11 is 0. The van der Waals surface area contributed by atoms with Gasteiger partial charge in [-0.2, -0.15) is 0 Å². The highest BCUT2D eigenvalue weighted by atomic mass is 29.2. The van der Waals surface area contributed by atoms with Crippen LogP contribution < -0.4 is 0 Å². The van der Waals surface area contributed by atoms with Gasteiger partial charge in [-0.25, -0.2) is 0 Å². The zero-order chi connectivity index (χ0) is 6.57. The Morgan fingerprint density at radius 3 is 2.25 bits per heavy atom. The Bertz CT molecular complexity index is 101. The molecule has 0 aromatic rings. The van der Waals surface area contributed by atoms with Crippen molar-refractivity contribution in [1.29, 1.82) is 0 Å². The van der Waals surface area contributed by atoms with Crippen LogP contribution in [0.3, 0.4) is 0 Å². The molecular weight excluding hydrogens is 156 g/mol. The largest absolute Gasteiger partial charge is 0.580 e. The van der Waals surface area contributed by atoms with Gasteiger partial charge in [-0.3, -0.25) is 0 Å². The minimum absolute atomic E-state index is 1.18. The van der Waals surface area contributed by atoms with Crippen molar-refractivity contribution in [3.63, 3.8) is 0 Å². The first-order valence-corrected chi connectivity index (χ1v) is 8.70. The average Bonchev–Trinajstić information content (AvgIpc) is 1.65. The van der Waals surface area contributed by atoms with Gasteiger partial charge in [0.05, 0.1) is 0 Å². The molecule has 46 valence electrons. The van der Waals surface area contributed by atoms with Crippen LogP contribution in [0.2, 0.25) is 13.1 Å². The van der Waals surface area contributed by atoms with E-state index in [-0.39, 0.29) is 0 Å².